The van der Waals surface area contributed by atoms with Crippen molar-refractivity contribution in [2.75, 3.05) is 0 Å². The zero-order valence-corrected chi connectivity index (χ0v) is 13.3. The Balaban J connectivity index is 2.44. The number of nitrogens with zero attached hydrogens (tertiary/aromatic N) is 2. The predicted molar refractivity (Wildman–Crippen MR) is 83.0 cm³/mol. The van der Waals surface area contributed by atoms with Crippen molar-refractivity contribution in [1.82, 2.24) is 9.55 Å². The average Bonchev–Trinajstić information content (AvgIpc) is 2.78. The fraction of sp³-hybridized carbons (Fsp3) is 0.133. The van der Waals surface area contributed by atoms with E-state index in [0.717, 1.165) is 0 Å². The fourth-order valence-electron chi connectivity index (χ4n) is 2.27. The van der Waals surface area contributed by atoms with Crippen molar-refractivity contribution in [3.63, 3.8) is 0 Å². The monoisotopic (exact) mass is 370 g/mol. The number of benzene rings is 2. The lowest BCUT2D eigenvalue weighted by molar-refractivity contribution is 0.614. The molecule has 0 fully saturated rings. The van der Waals surface area contributed by atoms with Crippen LogP contribution in [0.3, 0.4) is 0 Å². The maximum absolute atomic E-state index is 14.3. The molecular formula is C15H10BrClF2N2. The van der Waals surface area contributed by atoms with E-state index in [9.17, 15) is 8.78 Å². The van der Waals surface area contributed by atoms with Crippen LogP contribution in [0.15, 0.2) is 40.9 Å². The van der Waals surface area contributed by atoms with Crippen LogP contribution < -0.4 is 0 Å². The summed E-state index contributed by atoms with van der Waals surface area (Å²) in [5, 5.41) is -0.452. The molecule has 0 bridgehead atoms. The van der Waals surface area contributed by atoms with E-state index in [1.165, 1.54) is 18.2 Å². The summed E-state index contributed by atoms with van der Waals surface area (Å²) in [6.45, 7) is 1.74. The topological polar surface area (TPSA) is 17.8 Å². The first-order valence-corrected chi connectivity index (χ1v) is 7.48. The Hall–Kier alpha value is -1.46. The molecule has 0 saturated heterocycles. The summed E-state index contributed by atoms with van der Waals surface area (Å²) >= 11 is 9.49. The highest BCUT2D eigenvalue weighted by atomic mass is 79.9. The standard InChI is InChI=1S/C15H10BrClF2N2/c1-8(17)15-20-12-6-5-9(18)7-13(12)21(15)14-10(16)3-2-4-11(14)19/h2-8H,1H3. The molecule has 21 heavy (non-hydrogen) atoms. The molecule has 0 radical (unpaired) electrons. The Morgan fingerprint density at radius 3 is 2.67 bits per heavy atom. The van der Waals surface area contributed by atoms with Gasteiger partial charge in [-0.1, -0.05) is 6.07 Å². The SMILES string of the molecule is CC(Cl)c1nc2ccc(F)cc2n1-c1c(F)cccc1Br. The Morgan fingerprint density at radius 2 is 2.00 bits per heavy atom. The zero-order valence-electron chi connectivity index (χ0n) is 10.9. The van der Waals surface area contributed by atoms with Gasteiger partial charge in [0.15, 0.2) is 0 Å². The highest BCUT2D eigenvalue weighted by molar-refractivity contribution is 9.10. The van der Waals surface area contributed by atoms with E-state index in [2.05, 4.69) is 20.9 Å². The number of halogens is 4. The van der Waals surface area contributed by atoms with E-state index >= 15 is 0 Å². The van der Waals surface area contributed by atoms with Crippen LogP contribution in [0.4, 0.5) is 8.78 Å². The summed E-state index contributed by atoms with van der Waals surface area (Å²) in [6, 6.07) is 8.84. The third kappa shape index (κ3) is 2.45. The van der Waals surface area contributed by atoms with E-state index in [1.54, 1.807) is 29.7 Å². The van der Waals surface area contributed by atoms with Gasteiger partial charge in [-0.3, -0.25) is 4.57 Å². The molecule has 0 aliphatic heterocycles. The number of para-hydroxylation sites is 1. The minimum atomic E-state index is -0.452. The molecule has 2 aromatic carbocycles. The van der Waals surface area contributed by atoms with Crippen molar-refractivity contribution in [3.8, 4) is 5.69 Å². The Morgan fingerprint density at radius 1 is 1.24 bits per heavy atom. The molecule has 1 atom stereocenters. The highest BCUT2D eigenvalue weighted by Crippen LogP contribution is 2.33. The molecule has 0 aliphatic carbocycles. The molecule has 0 spiro atoms. The molecule has 0 N–H and O–H groups in total. The summed E-state index contributed by atoms with van der Waals surface area (Å²) < 4.78 is 29.9. The van der Waals surface area contributed by atoms with E-state index in [-0.39, 0.29) is 5.69 Å². The second kappa shape index (κ2) is 5.39. The van der Waals surface area contributed by atoms with Crippen LogP contribution in [0.1, 0.15) is 18.1 Å². The molecular weight excluding hydrogens is 362 g/mol. The van der Waals surface area contributed by atoms with E-state index in [4.69, 9.17) is 11.6 Å². The molecule has 0 amide bonds. The van der Waals surface area contributed by atoms with Crippen molar-refractivity contribution < 1.29 is 8.78 Å². The lowest BCUT2D eigenvalue weighted by Gasteiger charge is -2.13. The maximum Gasteiger partial charge on any atom is 0.148 e. The van der Waals surface area contributed by atoms with Crippen LogP contribution >= 0.6 is 27.5 Å². The van der Waals surface area contributed by atoms with Gasteiger partial charge in [-0.15, -0.1) is 11.6 Å². The third-order valence-electron chi connectivity index (χ3n) is 3.16. The lowest BCUT2D eigenvalue weighted by Crippen LogP contribution is -2.05. The molecule has 1 aromatic heterocycles. The quantitative estimate of drug-likeness (QED) is 0.554. The molecule has 6 heteroatoms. The van der Waals surface area contributed by atoms with Gasteiger partial charge in [0.1, 0.15) is 17.5 Å². The van der Waals surface area contributed by atoms with E-state index in [1.807, 2.05) is 0 Å². The predicted octanol–water partition coefficient (Wildman–Crippen LogP) is 5.37. The minimum Gasteiger partial charge on any atom is -0.291 e. The van der Waals surface area contributed by atoms with E-state index in [0.29, 0.717) is 21.3 Å². The molecule has 1 unspecified atom stereocenters. The number of fused-ring (bicyclic) bond motifs is 1. The van der Waals surface area contributed by atoms with Crippen LogP contribution in [0.2, 0.25) is 0 Å². The van der Waals surface area contributed by atoms with E-state index < -0.39 is 17.0 Å². The average molecular weight is 372 g/mol. The number of alkyl halides is 1. The van der Waals surface area contributed by atoms with Gasteiger partial charge in [0.25, 0.3) is 0 Å². The van der Waals surface area contributed by atoms with Gasteiger partial charge in [-0.25, -0.2) is 13.8 Å². The first kappa shape index (κ1) is 14.5. The molecule has 1 heterocycles. The van der Waals surface area contributed by atoms with Crippen molar-refractivity contribution in [1.29, 1.82) is 0 Å². The summed E-state index contributed by atoms with van der Waals surface area (Å²) in [7, 11) is 0. The number of aromatic nitrogens is 2. The van der Waals surface area contributed by atoms with Crippen molar-refractivity contribution in [2.45, 2.75) is 12.3 Å². The van der Waals surface area contributed by atoms with Crippen LogP contribution in [0.5, 0.6) is 0 Å². The summed E-state index contributed by atoms with van der Waals surface area (Å²) in [4.78, 5) is 4.39. The van der Waals surface area contributed by atoms with Gasteiger partial charge < -0.3 is 0 Å². The zero-order chi connectivity index (χ0) is 15.1. The molecule has 108 valence electrons. The smallest absolute Gasteiger partial charge is 0.148 e. The fourth-order valence-corrected chi connectivity index (χ4v) is 2.94. The first-order chi connectivity index (χ1) is 9.99. The maximum atomic E-state index is 14.3. The summed E-state index contributed by atoms with van der Waals surface area (Å²) in [5.74, 6) is -0.389. The molecule has 3 rings (SSSR count). The Labute approximate surface area is 133 Å². The van der Waals surface area contributed by atoms with Crippen LogP contribution in [0.25, 0.3) is 16.7 Å². The second-order valence-electron chi connectivity index (χ2n) is 4.62. The van der Waals surface area contributed by atoms with Gasteiger partial charge in [0, 0.05) is 10.5 Å². The van der Waals surface area contributed by atoms with Gasteiger partial charge in [0.05, 0.1) is 22.1 Å². The second-order valence-corrected chi connectivity index (χ2v) is 6.13. The molecule has 0 saturated carbocycles. The van der Waals surface area contributed by atoms with Crippen LogP contribution in [-0.4, -0.2) is 9.55 Å². The number of rotatable bonds is 2. The van der Waals surface area contributed by atoms with Crippen molar-refractivity contribution in [2.24, 2.45) is 0 Å². The lowest BCUT2D eigenvalue weighted by atomic mass is 10.2. The highest BCUT2D eigenvalue weighted by Gasteiger charge is 2.20. The first-order valence-electron chi connectivity index (χ1n) is 6.25. The number of hydrogen-bond donors (Lipinski definition) is 0. The molecule has 3 aromatic rings. The van der Waals surface area contributed by atoms with Crippen LogP contribution in [-0.2, 0) is 0 Å². The van der Waals surface area contributed by atoms with Gasteiger partial charge >= 0.3 is 0 Å². The molecule has 0 aliphatic rings. The van der Waals surface area contributed by atoms with Crippen LogP contribution in [0, 0.1) is 11.6 Å². The normalized spacial score (nSPS) is 12.8. The summed E-state index contributed by atoms with van der Waals surface area (Å²) in [6.07, 6.45) is 0. The Kier molecular flexibility index (Phi) is 3.71. The summed E-state index contributed by atoms with van der Waals surface area (Å²) in [5.41, 5.74) is 1.31. The molecule has 2 nitrogen and oxygen atoms in total. The minimum absolute atomic E-state index is 0.271. The third-order valence-corrected chi connectivity index (χ3v) is 3.99. The van der Waals surface area contributed by atoms with Gasteiger partial charge in [0.2, 0.25) is 0 Å². The van der Waals surface area contributed by atoms with Crippen molar-refractivity contribution in [3.05, 3.63) is 58.3 Å². The van der Waals surface area contributed by atoms with Gasteiger partial charge in [-0.05, 0) is 47.1 Å². The van der Waals surface area contributed by atoms with Gasteiger partial charge in [-0.2, -0.15) is 0 Å². The number of imidazole rings is 1. The largest absolute Gasteiger partial charge is 0.291 e. The Bertz CT molecular complexity index is 810. The van der Waals surface area contributed by atoms with Crippen molar-refractivity contribution >= 4 is 38.6 Å². The number of hydrogen-bond acceptors (Lipinski definition) is 1.